The Morgan fingerprint density at radius 1 is 1.42 bits per heavy atom. The Labute approximate surface area is 84.9 Å². The van der Waals surface area contributed by atoms with E-state index in [1.54, 1.807) is 0 Å². The van der Waals surface area contributed by atoms with Crippen molar-refractivity contribution in [1.29, 1.82) is 0 Å². The Bertz CT molecular complexity index is 112. The summed E-state index contributed by atoms with van der Waals surface area (Å²) in [5.41, 5.74) is 0.250. The van der Waals surface area contributed by atoms with Crippen molar-refractivity contribution in [2.45, 2.75) is 24.8 Å². The highest BCUT2D eigenvalue weighted by Crippen LogP contribution is 2.28. The summed E-state index contributed by atoms with van der Waals surface area (Å²) in [6.07, 6.45) is 3.31. The van der Waals surface area contributed by atoms with Gasteiger partial charge in [-0.15, -0.1) is 12.4 Å². The van der Waals surface area contributed by atoms with Crippen LogP contribution in [0.2, 0.25) is 0 Å². The predicted octanol–water partition coefficient (Wildman–Crippen LogP) is 1.28. The molecule has 1 aliphatic rings. The lowest BCUT2D eigenvalue weighted by Gasteiger charge is -2.36. The van der Waals surface area contributed by atoms with Crippen LogP contribution >= 0.6 is 24.2 Å². The molecule has 0 amide bonds. The van der Waals surface area contributed by atoms with E-state index in [1.807, 2.05) is 18.8 Å². The summed E-state index contributed by atoms with van der Waals surface area (Å²) in [4.78, 5) is 0. The van der Waals surface area contributed by atoms with Crippen molar-refractivity contribution in [2.24, 2.45) is 0 Å². The highest BCUT2D eigenvalue weighted by molar-refractivity contribution is 7.99. The van der Waals surface area contributed by atoms with Crippen LogP contribution < -0.4 is 5.32 Å². The van der Waals surface area contributed by atoms with E-state index in [4.69, 9.17) is 5.11 Å². The molecule has 4 heteroatoms. The van der Waals surface area contributed by atoms with Crippen molar-refractivity contribution < 1.29 is 5.11 Å². The van der Waals surface area contributed by atoms with E-state index < -0.39 is 0 Å². The summed E-state index contributed by atoms with van der Waals surface area (Å²) in [7, 11) is 2.01. The first-order chi connectivity index (χ1) is 5.33. The molecule has 0 aliphatic carbocycles. The minimum absolute atomic E-state index is 0. The third-order valence-electron chi connectivity index (χ3n) is 2.57. The first kappa shape index (κ1) is 12.6. The van der Waals surface area contributed by atoms with E-state index in [0.717, 1.165) is 6.42 Å². The summed E-state index contributed by atoms with van der Waals surface area (Å²) in [5, 5.41) is 12.2. The fraction of sp³-hybridized carbons (Fsp3) is 1.00. The second kappa shape index (κ2) is 6.08. The van der Waals surface area contributed by atoms with E-state index in [2.05, 4.69) is 5.32 Å². The van der Waals surface area contributed by atoms with Crippen LogP contribution in [-0.2, 0) is 0 Å². The molecule has 0 unspecified atom stereocenters. The zero-order chi connectivity index (χ0) is 8.16. The monoisotopic (exact) mass is 211 g/mol. The molecule has 0 bridgehead atoms. The molecule has 0 aromatic carbocycles. The second-order valence-corrected chi connectivity index (χ2v) is 4.34. The largest absolute Gasteiger partial charge is 0.396 e. The number of hydrogen-bond donors (Lipinski definition) is 2. The Morgan fingerprint density at radius 3 is 2.42 bits per heavy atom. The molecule has 0 aromatic heterocycles. The maximum absolute atomic E-state index is 8.87. The lowest BCUT2D eigenvalue weighted by Crippen LogP contribution is -2.46. The molecular formula is C8H18ClNOS. The minimum atomic E-state index is 0. The van der Waals surface area contributed by atoms with E-state index in [9.17, 15) is 0 Å². The third-order valence-corrected chi connectivity index (χ3v) is 3.56. The number of aliphatic hydroxyl groups is 1. The van der Waals surface area contributed by atoms with E-state index >= 15 is 0 Å². The van der Waals surface area contributed by atoms with Gasteiger partial charge in [0.15, 0.2) is 0 Å². The summed E-state index contributed by atoms with van der Waals surface area (Å²) in [6, 6.07) is 0. The standard InChI is InChI=1S/C8H17NOS.ClH/c1-9-8(2-5-10)3-6-11-7-4-8;/h9-10H,2-7H2,1H3;1H. The highest BCUT2D eigenvalue weighted by Gasteiger charge is 2.29. The molecule has 1 rings (SSSR count). The molecule has 2 N–H and O–H groups in total. The molecule has 2 nitrogen and oxygen atoms in total. The van der Waals surface area contributed by atoms with Crippen molar-refractivity contribution in [3.63, 3.8) is 0 Å². The van der Waals surface area contributed by atoms with Crippen LogP contribution in [0.4, 0.5) is 0 Å². The van der Waals surface area contributed by atoms with Crippen molar-refractivity contribution in [3.05, 3.63) is 0 Å². The molecule has 1 heterocycles. The van der Waals surface area contributed by atoms with Gasteiger partial charge in [0.05, 0.1) is 0 Å². The Morgan fingerprint density at radius 2 is 2.00 bits per heavy atom. The molecule has 1 aliphatic heterocycles. The first-order valence-electron chi connectivity index (χ1n) is 4.20. The predicted molar refractivity (Wildman–Crippen MR) is 57.3 cm³/mol. The second-order valence-electron chi connectivity index (χ2n) is 3.12. The van der Waals surface area contributed by atoms with Crippen molar-refractivity contribution >= 4 is 24.2 Å². The van der Waals surface area contributed by atoms with Gasteiger partial charge in [-0.05, 0) is 37.8 Å². The van der Waals surface area contributed by atoms with Crippen LogP contribution in [0.25, 0.3) is 0 Å². The van der Waals surface area contributed by atoms with Crippen molar-refractivity contribution in [2.75, 3.05) is 25.2 Å². The Kier molecular flexibility index (Phi) is 6.36. The van der Waals surface area contributed by atoms with Gasteiger partial charge in [0.25, 0.3) is 0 Å². The molecule has 1 saturated heterocycles. The fourth-order valence-corrected chi connectivity index (χ4v) is 2.88. The van der Waals surface area contributed by atoms with Crippen LogP contribution in [0.15, 0.2) is 0 Å². The average Bonchev–Trinajstić information content (AvgIpc) is 2.07. The molecule has 0 spiro atoms. The number of halogens is 1. The van der Waals surface area contributed by atoms with Crippen molar-refractivity contribution in [3.8, 4) is 0 Å². The van der Waals surface area contributed by atoms with E-state index in [0.29, 0.717) is 6.61 Å². The van der Waals surface area contributed by atoms with Crippen LogP contribution in [-0.4, -0.2) is 35.8 Å². The van der Waals surface area contributed by atoms with Crippen LogP contribution in [0.3, 0.4) is 0 Å². The van der Waals surface area contributed by atoms with Gasteiger partial charge in [-0.3, -0.25) is 0 Å². The third kappa shape index (κ3) is 3.13. The lowest BCUT2D eigenvalue weighted by atomic mass is 9.89. The quantitative estimate of drug-likeness (QED) is 0.738. The first-order valence-corrected chi connectivity index (χ1v) is 5.36. The van der Waals surface area contributed by atoms with Gasteiger partial charge in [0, 0.05) is 12.1 Å². The van der Waals surface area contributed by atoms with Crippen LogP contribution in [0.5, 0.6) is 0 Å². The van der Waals surface area contributed by atoms with Gasteiger partial charge in [-0.25, -0.2) is 0 Å². The topological polar surface area (TPSA) is 32.3 Å². The molecule has 74 valence electrons. The van der Waals surface area contributed by atoms with Gasteiger partial charge >= 0.3 is 0 Å². The number of thioether (sulfide) groups is 1. The zero-order valence-corrected chi connectivity index (χ0v) is 9.14. The smallest absolute Gasteiger partial charge is 0.0448 e. The van der Waals surface area contributed by atoms with E-state index in [1.165, 1.54) is 24.3 Å². The molecular weight excluding hydrogens is 194 g/mol. The Hall–Kier alpha value is 0.560. The summed E-state index contributed by atoms with van der Waals surface area (Å²) in [6.45, 7) is 0.311. The number of nitrogens with one attached hydrogen (secondary N) is 1. The number of rotatable bonds is 3. The summed E-state index contributed by atoms with van der Waals surface area (Å²) in [5.74, 6) is 2.47. The van der Waals surface area contributed by atoms with Crippen LogP contribution in [0, 0.1) is 0 Å². The number of hydrogen-bond acceptors (Lipinski definition) is 3. The molecule has 1 fully saturated rings. The maximum atomic E-state index is 8.87. The van der Waals surface area contributed by atoms with Crippen LogP contribution in [0.1, 0.15) is 19.3 Å². The normalized spacial score (nSPS) is 21.5. The summed E-state index contributed by atoms with van der Waals surface area (Å²) >= 11 is 2.02. The van der Waals surface area contributed by atoms with Gasteiger partial charge in [-0.2, -0.15) is 11.8 Å². The lowest BCUT2D eigenvalue weighted by molar-refractivity contribution is 0.206. The zero-order valence-electron chi connectivity index (χ0n) is 7.51. The van der Waals surface area contributed by atoms with Gasteiger partial charge < -0.3 is 10.4 Å². The van der Waals surface area contributed by atoms with Gasteiger partial charge in [-0.1, -0.05) is 0 Å². The Balaban J connectivity index is 0.00000121. The SMILES string of the molecule is CNC1(CCO)CCSCC1.Cl. The number of aliphatic hydroxyl groups excluding tert-OH is 1. The molecule has 0 aromatic rings. The average molecular weight is 212 g/mol. The molecule has 12 heavy (non-hydrogen) atoms. The molecule has 0 saturated carbocycles. The van der Waals surface area contributed by atoms with Gasteiger partial charge in [0.1, 0.15) is 0 Å². The van der Waals surface area contributed by atoms with Crippen molar-refractivity contribution in [1.82, 2.24) is 5.32 Å². The molecule has 0 atom stereocenters. The maximum Gasteiger partial charge on any atom is 0.0448 e. The minimum Gasteiger partial charge on any atom is -0.396 e. The fourth-order valence-electron chi connectivity index (χ4n) is 1.60. The summed E-state index contributed by atoms with van der Waals surface area (Å²) < 4.78 is 0. The molecule has 0 radical (unpaired) electrons. The highest BCUT2D eigenvalue weighted by atomic mass is 35.5. The van der Waals surface area contributed by atoms with Gasteiger partial charge in [0.2, 0.25) is 0 Å². The van der Waals surface area contributed by atoms with E-state index in [-0.39, 0.29) is 17.9 Å².